The Morgan fingerprint density at radius 2 is 2.50 bits per heavy atom. The van der Waals surface area contributed by atoms with Crippen LogP contribution in [0.4, 0.5) is 0 Å². The molecule has 5 heteroatoms. The summed E-state index contributed by atoms with van der Waals surface area (Å²) >= 11 is 6.66. The minimum Gasteiger partial charge on any atom is -0.307 e. The monoisotopic (exact) mass is 175 g/mol. The van der Waals surface area contributed by atoms with E-state index in [-0.39, 0.29) is 0 Å². The van der Waals surface area contributed by atoms with Gasteiger partial charge in [-0.05, 0) is 18.5 Å². The standard InChI is InChI=1S/C5H9N3S2/c1-8-4(3-10-2)6-7-5(8)9/h3H2,1-2H3,(H,7,9). The summed E-state index contributed by atoms with van der Waals surface area (Å²) in [6.45, 7) is 0. The molecule has 0 amide bonds. The van der Waals surface area contributed by atoms with E-state index in [0.717, 1.165) is 11.6 Å². The molecule has 0 spiro atoms. The van der Waals surface area contributed by atoms with E-state index < -0.39 is 0 Å². The molecular formula is C5H9N3S2. The van der Waals surface area contributed by atoms with Crippen molar-refractivity contribution in [3.8, 4) is 0 Å². The molecule has 1 heterocycles. The van der Waals surface area contributed by atoms with Gasteiger partial charge in [0.25, 0.3) is 0 Å². The second-order valence-corrected chi connectivity index (χ2v) is 3.19. The van der Waals surface area contributed by atoms with Crippen molar-refractivity contribution >= 4 is 24.0 Å². The largest absolute Gasteiger partial charge is 0.307 e. The van der Waals surface area contributed by atoms with Crippen molar-refractivity contribution in [3.05, 3.63) is 10.6 Å². The quantitative estimate of drug-likeness (QED) is 0.689. The molecule has 1 aromatic rings. The molecule has 0 bridgehead atoms. The molecule has 0 unspecified atom stereocenters. The third-order valence-electron chi connectivity index (χ3n) is 1.25. The number of H-pyrrole nitrogens is 1. The van der Waals surface area contributed by atoms with Crippen molar-refractivity contribution in [2.45, 2.75) is 5.75 Å². The maximum Gasteiger partial charge on any atom is 0.194 e. The van der Waals surface area contributed by atoms with Crippen LogP contribution in [0.25, 0.3) is 0 Å². The van der Waals surface area contributed by atoms with Crippen LogP contribution in [-0.2, 0) is 12.8 Å². The van der Waals surface area contributed by atoms with Gasteiger partial charge in [0.2, 0.25) is 0 Å². The van der Waals surface area contributed by atoms with E-state index >= 15 is 0 Å². The molecule has 1 N–H and O–H groups in total. The fourth-order valence-electron chi connectivity index (χ4n) is 0.638. The topological polar surface area (TPSA) is 33.6 Å². The highest BCUT2D eigenvalue weighted by atomic mass is 32.2. The molecule has 1 aromatic heterocycles. The number of aromatic nitrogens is 3. The van der Waals surface area contributed by atoms with Crippen LogP contribution in [0.5, 0.6) is 0 Å². The summed E-state index contributed by atoms with van der Waals surface area (Å²) in [5.74, 6) is 1.90. The van der Waals surface area contributed by atoms with E-state index in [9.17, 15) is 0 Å². The Labute approximate surface area is 68.8 Å². The van der Waals surface area contributed by atoms with Gasteiger partial charge in [0, 0.05) is 7.05 Å². The number of nitrogens with zero attached hydrogens (tertiary/aromatic N) is 2. The first-order valence-electron chi connectivity index (χ1n) is 2.85. The average Bonchev–Trinajstić information content (AvgIpc) is 2.20. The summed E-state index contributed by atoms with van der Waals surface area (Å²) < 4.78 is 2.57. The van der Waals surface area contributed by atoms with Crippen LogP contribution in [0.15, 0.2) is 0 Å². The molecular weight excluding hydrogens is 166 g/mol. The number of nitrogens with one attached hydrogen (secondary N) is 1. The second kappa shape index (κ2) is 3.21. The van der Waals surface area contributed by atoms with Crippen molar-refractivity contribution in [1.29, 1.82) is 0 Å². The Balaban J connectivity index is 2.94. The summed E-state index contributed by atoms with van der Waals surface area (Å²) in [6, 6.07) is 0. The van der Waals surface area contributed by atoms with Gasteiger partial charge >= 0.3 is 0 Å². The summed E-state index contributed by atoms with van der Waals surface area (Å²) in [5.41, 5.74) is 0. The number of rotatable bonds is 2. The van der Waals surface area contributed by atoms with Gasteiger partial charge in [0.1, 0.15) is 5.82 Å². The lowest BCUT2D eigenvalue weighted by Crippen LogP contribution is -1.94. The van der Waals surface area contributed by atoms with Crippen molar-refractivity contribution in [2.75, 3.05) is 6.26 Å². The molecule has 3 nitrogen and oxygen atoms in total. The van der Waals surface area contributed by atoms with Gasteiger partial charge < -0.3 is 4.57 Å². The van der Waals surface area contributed by atoms with Gasteiger partial charge in [-0.15, -0.1) is 0 Å². The van der Waals surface area contributed by atoms with Crippen molar-refractivity contribution < 1.29 is 0 Å². The third-order valence-corrected chi connectivity index (χ3v) is 2.16. The smallest absolute Gasteiger partial charge is 0.194 e. The first kappa shape index (κ1) is 7.81. The van der Waals surface area contributed by atoms with Crippen LogP contribution in [0.2, 0.25) is 0 Å². The van der Waals surface area contributed by atoms with E-state index in [1.165, 1.54) is 0 Å². The highest BCUT2D eigenvalue weighted by Crippen LogP contribution is 2.04. The number of aromatic amines is 1. The lowest BCUT2D eigenvalue weighted by molar-refractivity contribution is 0.839. The maximum absolute atomic E-state index is 4.92. The van der Waals surface area contributed by atoms with E-state index in [1.54, 1.807) is 11.8 Å². The van der Waals surface area contributed by atoms with Crippen LogP contribution in [0.3, 0.4) is 0 Å². The van der Waals surface area contributed by atoms with Crippen LogP contribution in [0, 0.1) is 4.77 Å². The lowest BCUT2D eigenvalue weighted by Gasteiger charge is -1.94. The lowest BCUT2D eigenvalue weighted by atomic mass is 10.7. The number of hydrogen-bond acceptors (Lipinski definition) is 3. The molecule has 0 aliphatic carbocycles. The maximum atomic E-state index is 4.92. The summed E-state index contributed by atoms with van der Waals surface area (Å²) in [6.07, 6.45) is 2.04. The predicted octanol–water partition coefficient (Wildman–Crippen LogP) is 1.34. The third kappa shape index (κ3) is 1.41. The molecule has 0 radical (unpaired) electrons. The minimum absolute atomic E-state index is 0.684. The zero-order valence-electron chi connectivity index (χ0n) is 5.92. The normalized spacial score (nSPS) is 10.2. The summed E-state index contributed by atoms with van der Waals surface area (Å²) in [7, 11) is 1.91. The first-order valence-corrected chi connectivity index (χ1v) is 4.65. The molecule has 56 valence electrons. The fraction of sp³-hybridized carbons (Fsp3) is 0.600. The Kier molecular flexibility index (Phi) is 2.50. The van der Waals surface area contributed by atoms with E-state index in [1.807, 2.05) is 17.9 Å². The number of hydrogen-bond donors (Lipinski definition) is 1. The Morgan fingerprint density at radius 1 is 1.80 bits per heavy atom. The first-order chi connectivity index (χ1) is 4.75. The van der Waals surface area contributed by atoms with Crippen molar-refractivity contribution in [2.24, 2.45) is 7.05 Å². The second-order valence-electron chi connectivity index (χ2n) is 1.94. The summed E-state index contributed by atoms with van der Waals surface area (Å²) in [4.78, 5) is 0. The molecule has 0 saturated carbocycles. The zero-order chi connectivity index (χ0) is 7.56. The van der Waals surface area contributed by atoms with Gasteiger partial charge in [-0.2, -0.15) is 16.9 Å². The van der Waals surface area contributed by atoms with Crippen molar-refractivity contribution in [3.63, 3.8) is 0 Å². The molecule has 1 rings (SSSR count). The molecule has 0 aliphatic rings. The molecule has 0 aliphatic heterocycles. The highest BCUT2D eigenvalue weighted by Gasteiger charge is 1.98. The van der Waals surface area contributed by atoms with Gasteiger partial charge in [0.15, 0.2) is 4.77 Å². The molecule has 0 fully saturated rings. The molecule has 10 heavy (non-hydrogen) atoms. The highest BCUT2D eigenvalue weighted by molar-refractivity contribution is 7.97. The SMILES string of the molecule is CSCc1n[nH]c(=S)n1C. The average molecular weight is 175 g/mol. The van der Waals surface area contributed by atoms with Gasteiger partial charge in [0.05, 0.1) is 5.75 Å². The zero-order valence-corrected chi connectivity index (χ0v) is 7.55. The van der Waals surface area contributed by atoms with Crippen LogP contribution in [-0.4, -0.2) is 21.0 Å². The van der Waals surface area contributed by atoms with Crippen LogP contribution >= 0.6 is 24.0 Å². The van der Waals surface area contributed by atoms with E-state index in [0.29, 0.717) is 4.77 Å². The molecule has 0 atom stereocenters. The fourth-order valence-corrected chi connectivity index (χ4v) is 1.31. The van der Waals surface area contributed by atoms with Gasteiger partial charge in [-0.25, -0.2) is 0 Å². The summed E-state index contributed by atoms with van der Waals surface area (Å²) in [5, 5.41) is 6.75. The number of thioether (sulfide) groups is 1. The molecule has 0 aromatic carbocycles. The Bertz CT molecular complexity index is 262. The minimum atomic E-state index is 0.684. The molecule has 0 saturated heterocycles. The van der Waals surface area contributed by atoms with Gasteiger partial charge in [-0.3, -0.25) is 5.10 Å². The van der Waals surface area contributed by atoms with Crippen LogP contribution in [0.1, 0.15) is 5.82 Å². The van der Waals surface area contributed by atoms with E-state index in [4.69, 9.17) is 12.2 Å². The van der Waals surface area contributed by atoms with E-state index in [2.05, 4.69) is 10.2 Å². The van der Waals surface area contributed by atoms with Crippen LogP contribution < -0.4 is 0 Å². The predicted molar refractivity (Wildman–Crippen MR) is 45.6 cm³/mol. The Hall–Kier alpha value is -0.290. The van der Waals surface area contributed by atoms with Gasteiger partial charge in [-0.1, -0.05) is 0 Å². The van der Waals surface area contributed by atoms with Crippen molar-refractivity contribution in [1.82, 2.24) is 14.8 Å². The Morgan fingerprint density at radius 3 is 2.90 bits per heavy atom.